The highest BCUT2D eigenvalue weighted by atomic mass is 32.2. The van der Waals surface area contributed by atoms with Crippen molar-refractivity contribution in [2.75, 3.05) is 12.3 Å². The van der Waals surface area contributed by atoms with E-state index in [1.807, 2.05) is 0 Å². The van der Waals surface area contributed by atoms with Gasteiger partial charge in [0.2, 0.25) is 5.91 Å². The average molecular weight is 255 g/mol. The van der Waals surface area contributed by atoms with Crippen molar-refractivity contribution in [2.24, 2.45) is 5.92 Å². The normalized spacial score (nSPS) is 22.8. The van der Waals surface area contributed by atoms with Crippen LogP contribution in [0.15, 0.2) is 0 Å². The van der Waals surface area contributed by atoms with Crippen molar-refractivity contribution in [2.45, 2.75) is 63.0 Å². The Bertz CT molecular complexity index is 232. The van der Waals surface area contributed by atoms with E-state index in [0.717, 1.165) is 30.4 Å². The smallest absolute Gasteiger partial charge is 0.223 e. The zero-order chi connectivity index (χ0) is 11.9. The highest BCUT2D eigenvalue weighted by Gasteiger charge is 2.22. The second-order valence-corrected chi connectivity index (χ2v) is 6.81. The van der Waals surface area contributed by atoms with E-state index in [1.165, 1.54) is 44.9 Å². The summed E-state index contributed by atoms with van der Waals surface area (Å²) >= 11 is 2.07. The SMILES string of the molecule is O=C(NCCSC1CCCCC1)C1CCCC1. The minimum atomic E-state index is 0.312. The molecule has 0 aliphatic heterocycles. The first-order valence-corrected chi connectivity index (χ1v) is 8.30. The van der Waals surface area contributed by atoms with Crippen molar-refractivity contribution >= 4 is 17.7 Å². The third-order valence-electron chi connectivity index (χ3n) is 4.03. The fraction of sp³-hybridized carbons (Fsp3) is 0.929. The maximum Gasteiger partial charge on any atom is 0.223 e. The Balaban J connectivity index is 1.51. The molecular weight excluding hydrogens is 230 g/mol. The Kier molecular flexibility index (Phi) is 5.69. The molecule has 2 fully saturated rings. The molecule has 2 nitrogen and oxygen atoms in total. The van der Waals surface area contributed by atoms with Gasteiger partial charge < -0.3 is 5.32 Å². The molecule has 2 aliphatic carbocycles. The molecule has 0 spiro atoms. The van der Waals surface area contributed by atoms with Gasteiger partial charge in [-0.3, -0.25) is 4.79 Å². The van der Waals surface area contributed by atoms with Gasteiger partial charge in [-0.15, -0.1) is 0 Å². The van der Waals surface area contributed by atoms with Crippen molar-refractivity contribution in [3.63, 3.8) is 0 Å². The van der Waals surface area contributed by atoms with E-state index in [-0.39, 0.29) is 0 Å². The molecule has 17 heavy (non-hydrogen) atoms. The number of carbonyl (C=O) groups excluding carboxylic acids is 1. The first-order valence-electron chi connectivity index (χ1n) is 7.25. The van der Waals surface area contributed by atoms with Crippen molar-refractivity contribution in [1.29, 1.82) is 0 Å². The molecule has 3 heteroatoms. The van der Waals surface area contributed by atoms with Crippen LogP contribution in [0.3, 0.4) is 0 Å². The Morgan fingerprint density at radius 3 is 2.35 bits per heavy atom. The van der Waals surface area contributed by atoms with E-state index in [9.17, 15) is 4.79 Å². The first kappa shape index (κ1) is 13.3. The Morgan fingerprint density at radius 2 is 1.65 bits per heavy atom. The number of hydrogen-bond donors (Lipinski definition) is 1. The van der Waals surface area contributed by atoms with Gasteiger partial charge in [-0.05, 0) is 25.7 Å². The van der Waals surface area contributed by atoms with Crippen LogP contribution in [0.1, 0.15) is 57.8 Å². The summed E-state index contributed by atoms with van der Waals surface area (Å²) in [5, 5.41) is 3.97. The van der Waals surface area contributed by atoms with Crippen LogP contribution in [0.4, 0.5) is 0 Å². The number of carbonyl (C=O) groups is 1. The van der Waals surface area contributed by atoms with Crippen molar-refractivity contribution in [3.05, 3.63) is 0 Å². The standard InChI is InChI=1S/C14H25NOS/c16-14(12-6-4-5-7-12)15-10-11-17-13-8-2-1-3-9-13/h12-13H,1-11H2,(H,15,16). The van der Waals surface area contributed by atoms with E-state index in [1.54, 1.807) is 0 Å². The van der Waals surface area contributed by atoms with Crippen LogP contribution in [0.25, 0.3) is 0 Å². The second-order valence-electron chi connectivity index (χ2n) is 5.40. The summed E-state index contributed by atoms with van der Waals surface area (Å²) in [7, 11) is 0. The van der Waals surface area contributed by atoms with Crippen LogP contribution in [-0.2, 0) is 4.79 Å². The summed E-state index contributed by atoms with van der Waals surface area (Å²) in [6.45, 7) is 0.872. The first-order chi connectivity index (χ1) is 8.36. The molecule has 2 rings (SSSR count). The number of nitrogens with one attached hydrogen (secondary N) is 1. The second kappa shape index (κ2) is 7.30. The molecule has 0 aromatic carbocycles. The van der Waals surface area contributed by atoms with Gasteiger partial charge in [0.25, 0.3) is 0 Å². The summed E-state index contributed by atoms with van der Waals surface area (Å²) in [5.41, 5.74) is 0. The Morgan fingerprint density at radius 1 is 1.00 bits per heavy atom. The highest BCUT2D eigenvalue weighted by Crippen LogP contribution is 2.28. The summed E-state index contributed by atoms with van der Waals surface area (Å²) in [6.07, 6.45) is 11.7. The van der Waals surface area contributed by atoms with E-state index in [2.05, 4.69) is 17.1 Å². The average Bonchev–Trinajstić information content (AvgIpc) is 2.89. The molecule has 0 atom stereocenters. The van der Waals surface area contributed by atoms with E-state index < -0.39 is 0 Å². The minimum absolute atomic E-state index is 0.312. The van der Waals surface area contributed by atoms with Crippen LogP contribution in [0, 0.1) is 5.92 Å². The molecule has 0 saturated heterocycles. The lowest BCUT2D eigenvalue weighted by molar-refractivity contribution is -0.124. The largest absolute Gasteiger partial charge is 0.355 e. The zero-order valence-corrected chi connectivity index (χ0v) is 11.6. The van der Waals surface area contributed by atoms with Gasteiger partial charge in [-0.2, -0.15) is 11.8 Å². The van der Waals surface area contributed by atoms with E-state index >= 15 is 0 Å². The van der Waals surface area contributed by atoms with Gasteiger partial charge in [-0.1, -0.05) is 32.1 Å². The molecule has 2 aliphatic rings. The molecule has 0 aromatic heterocycles. The van der Waals surface area contributed by atoms with Crippen LogP contribution in [-0.4, -0.2) is 23.5 Å². The highest BCUT2D eigenvalue weighted by molar-refractivity contribution is 7.99. The molecule has 0 heterocycles. The van der Waals surface area contributed by atoms with Gasteiger partial charge in [0.05, 0.1) is 0 Å². The molecule has 0 radical (unpaired) electrons. The van der Waals surface area contributed by atoms with Crippen molar-refractivity contribution in [3.8, 4) is 0 Å². The third-order valence-corrected chi connectivity index (χ3v) is 5.42. The van der Waals surface area contributed by atoms with Gasteiger partial charge in [0, 0.05) is 23.5 Å². The quantitative estimate of drug-likeness (QED) is 0.763. The summed E-state index contributed by atoms with van der Waals surface area (Å²) < 4.78 is 0. The van der Waals surface area contributed by atoms with Gasteiger partial charge in [0.15, 0.2) is 0 Å². The van der Waals surface area contributed by atoms with E-state index in [0.29, 0.717) is 11.8 Å². The summed E-state index contributed by atoms with van der Waals surface area (Å²) in [6, 6.07) is 0. The summed E-state index contributed by atoms with van der Waals surface area (Å²) in [4.78, 5) is 11.8. The molecule has 2 saturated carbocycles. The van der Waals surface area contributed by atoms with E-state index in [4.69, 9.17) is 0 Å². The minimum Gasteiger partial charge on any atom is -0.355 e. The predicted molar refractivity (Wildman–Crippen MR) is 74.3 cm³/mol. The van der Waals surface area contributed by atoms with Gasteiger partial charge in [0.1, 0.15) is 0 Å². The fourth-order valence-corrected chi connectivity index (χ4v) is 4.18. The molecular formula is C14H25NOS. The van der Waals surface area contributed by atoms with Crippen LogP contribution < -0.4 is 5.32 Å². The van der Waals surface area contributed by atoms with Crippen LogP contribution in [0.2, 0.25) is 0 Å². The van der Waals surface area contributed by atoms with Crippen LogP contribution >= 0.6 is 11.8 Å². The lowest BCUT2D eigenvalue weighted by Crippen LogP contribution is -2.31. The number of rotatable bonds is 5. The predicted octanol–water partition coefficient (Wildman–Crippen LogP) is 3.36. The molecule has 0 aromatic rings. The maximum absolute atomic E-state index is 11.8. The molecule has 1 amide bonds. The number of thioether (sulfide) groups is 1. The van der Waals surface area contributed by atoms with Crippen molar-refractivity contribution < 1.29 is 4.79 Å². The summed E-state index contributed by atoms with van der Waals surface area (Å²) in [5.74, 6) is 1.74. The Labute approximate surface area is 109 Å². The lowest BCUT2D eigenvalue weighted by Gasteiger charge is -2.21. The maximum atomic E-state index is 11.8. The topological polar surface area (TPSA) is 29.1 Å². The number of amides is 1. The molecule has 0 bridgehead atoms. The molecule has 0 unspecified atom stereocenters. The lowest BCUT2D eigenvalue weighted by atomic mass is 10.0. The monoisotopic (exact) mass is 255 g/mol. The van der Waals surface area contributed by atoms with Gasteiger partial charge >= 0.3 is 0 Å². The third kappa shape index (κ3) is 4.53. The zero-order valence-electron chi connectivity index (χ0n) is 10.7. The van der Waals surface area contributed by atoms with Gasteiger partial charge in [-0.25, -0.2) is 0 Å². The fourth-order valence-electron chi connectivity index (χ4n) is 2.96. The Hall–Kier alpha value is -0.180. The molecule has 1 N–H and O–H groups in total. The van der Waals surface area contributed by atoms with Crippen LogP contribution in [0.5, 0.6) is 0 Å². The molecule has 98 valence electrons. The number of hydrogen-bond acceptors (Lipinski definition) is 2. The van der Waals surface area contributed by atoms with Crippen molar-refractivity contribution in [1.82, 2.24) is 5.32 Å².